The van der Waals surface area contributed by atoms with Gasteiger partial charge in [-0.25, -0.2) is 4.79 Å². The fourth-order valence-electron chi connectivity index (χ4n) is 4.01. The van der Waals surface area contributed by atoms with Gasteiger partial charge in [0, 0.05) is 0 Å². The van der Waals surface area contributed by atoms with E-state index in [4.69, 9.17) is 0 Å². The van der Waals surface area contributed by atoms with Crippen molar-refractivity contribution in [3.63, 3.8) is 0 Å². The van der Waals surface area contributed by atoms with Gasteiger partial charge in [0.15, 0.2) is 0 Å². The maximum absolute atomic E-state index is 11.9. The first-order valence-electron chi connectivity index (χ1n) is 10.3. The van der Waals surface area contributed by atoms with Gasteiger partial charge in [0.1, 0.15) is 5.54 Å². The van der Waals surface area contributed by atoms with Gasteiger partial charge < -0.3 is 10.4 Å². The summed E-state index contributed by atoms with van der Waals surface area (Å²) in [6.07, 6.45) is 12.4. The fraction of sp³-hybridized carbons (Fsp3) is 0.905. The van der Waals surface area contributed by atoms with E-state index >= 15 is 0 Å². The van der Waals surface area contributed by atoms with Gasteiger partial charge >= 0.3 is 5.97 Å². The van der Waals surface area contributed by atoms with Crippen LogP contribution in [0.2, 0.25) is 0 Å². The lowest BCUT2D eigenvalue weighted by atomic mass is 9.69. The highest BCUT2D eigenvalue weighted by atomic mass is 16.4. The van der Waals surface area contributed by atoms with Crippen LogP contribution in [0.5, 0.6) is 0 Å². The van der Waals surface area contributed by atoms with Crippen LogP contribution in [0.25, 0.3) is 0 Å². The van der Waals surface area contributed by atoms with E-state index in [1.54, 1.807) is 0 Å². The van der Waals surface area contributed by atoms with Crippen LogP contribution in [0.4, 0.5) is 0 Å². The zero-order valence-electron chi connectivity index (χ0n) is 16.8. The fourth-order valence-corrected chi connectivity index (χ4v) is 4.01. The molecule has 0 aromatic heterocycles. The van der Waals surface area contributed by atoms with Crippen molar-refractivity contribution in [2.45, 2.75) is 104 Å². The molecule has 0 spiro atoms. The molecule has 2 atom stereocenters. The number of rotatable bonds is 14. The van der Waals surface area contributed by atoms with Crippen molar-refractivity contribution >= 4 is 11.9 Å². The predicted octanol–water partition coefficient (Wildman–Crippen LogP) is 5.16. The molecule has 0 radical (unpaired) electrons. The highest BCUT2D eigenvalue weighted by molar-refractivity contribution is 6.00. The van der Waals surface area contributed by atoms with Crippen molar-refractivity contribution in [1.82, 2.24) is 5.32 Å². The number of carbonyl (C=O) groups excluding carboxylic acids is 1. The largest absolute Gasteiger partial charge is 0.479 e. The Morgan fingerprint density at radius 2 is 1.48 bits per heavy atom. The zero-order valence-corrected chi connectivity index (χ0v) is 16.8. The molecule has 1 aliphatic heterocycles. The molecule has 1 amide bonds. The van der Waals surface area contributed by atoms with E-state index in [0.717, 1.165) is 18.8 Å². The molecule has 0 saturated carbocycles. The molecule has 146 valence electrons. The summed E-state index contributed by atoms with van der Waals surface area (Å²) in [7, 11) is 0. The van der Waals surface area contributed by atoms with Gasteiger partial charge in [0.05, 0.1) is 5.92 Å². The molecule has 2 unspecified atom stereocenters. The van der Waals surface area contributed by atoms with Crippen molar-refractivity contribution < 1.29 is 14.7 Å². The molecule has 0 aliphatic carbocycles. The molecule has 0 aromatic rings. The van der Waals surface area contributed by atoms with E-state index in [1.165, 1.54) is 44.9 Å². The van der Waals surface area contributed by atoms with Crippen LogP contribution in [-0.2, 0) is 9.59 Å². The van der Waals surface area contributed by atoms with E-state index < -0.39 is 11.5 Å². The van der Waals surface area contributed by atoms with Crippen LogP contribution in [0, 0.1) is 17.8 Å². The minimum Gasteiger partial charge on any atom is -0.479 e. The first-order valence-corrected chi connectivity index (χ1v) is 10.3. The third-order valence-corrected chi connectivity index (χ3v) is 5.39. The lowest BCUT2D eigenvalue weighted by Gasteiger charge is -2.47. The average molecular weight is 354 g/mol. The van der Waals surface area contributed by atoms with Crippen LogP contribution in [0.1, 0.15) is 98.3 Å². The lowest BCUT2D eigenvalue weighted by Crippen LogP contribution is -2.73. The lowest BCUT2D eigenvalue weighted by molar-refractivity contribution is -0.165. The van der Waals surface area contributed by atoms with Crippen molar-refractivity contribution in [3.8, 4) is 0 Å². The van der Waals surface area contributed by atoms with E-state index in [0.29, 0.717) is 12.8 Å². The van der Waals surface area contributed by atoms with Crippen LogP contribution < -0.4 is 5.32 Å². The third-order valence-electron chi connectivity index (χ3n) is 5.39. The van der Waals surface area contributed by atoms with Gasteiger partial charge in [-0.1, -0.05) is 85.5 Å². The number of nitrogens with one attached hydrogen (secondary N) is 1. The van der Waals surface area contributed by atoms with Crippen molar-refractivity contribution in [2.24, 2.45) is 17.8 Å². The highest BCUT2D eigenvalue weighted by Crippen LogP contribution is 2.37. The molecular weight excluding hydrogens is 314 g/mol. The van der Waals surface area contributed by atoms with Crippen LogP contribution in [0.3, 0.4) is 0 Å². The van der Waals surface area contributed by atoms with Gasteiger partial charge in [-0.15, -0.1) is 0 Å². The molecule has 1 rings (SSSR count). The molecule has 1 heterocycles. The molecule has 1 saturated heterocycles. The molecule has 1 aliphatic rings. The number of hydrogen-bond acceptors (Lipinski definition) is 2. The minimum atomic E-state index is -1.01. The maximum atomic E-state index is 11.9. The maximum Gasteiger partial charge on any atom is 0.330 e. The summed E-state index contributed by atoms with van der Waals surface area (Å²) in [5.41, 5.74) is -1.01. The van der Waals surface area contributed by atoms with Crippen LogP contribution in [-0.4, -0.2) is 22.5 Å². The number of aliphatic carboxylic acids is 1. The van der Waals surface area contributed by atoms with Crippen LogP contribution >= 0.6 is 0 Å². The summed E-state index contributed by atoms with van der Waals surface area (Å²) in [6.45, 7) is 8.58. The molecular formula is C21H39NO3. The molecule has 25 heavy (non-hydrogen) atoms. The van der Waals surface area contributed by atoms with E-state index in [9.17, 15) is 14.7 Å². The molecule has 1 fully saturated rings. The highest BCUT2D eigenvalue weighted by Gasteiger charge is 2.58. The topological polar surface area (TPSA) is 66.4 Å². The molecule has 4 nitrogen and oxygen atoms in total. The number of carbonyl (C=O) groups is 2. The first kappa shape index (κ1) is 22.0. The van der Waals surface area contributed by atoms with Crippen molar-refractivity contribution in [1.29, 1.82) is 0 Å². The van der Waals surface area contributed by atoms with Gasteiger partial charge in [-0.05, 0) is 24.7 Å². The second kappa shape index (κ2) is 10.8. The van der Waals surface area contributed by atoms with Gasteiger partial charge in [0.25, 0.3) is 0 Å². The Morgan fingerprint density at radius 3 is 1.92 bits per heavy atom. The molecule has 0 bridgehead atoms. The first-order chi connectivity index (χ1) is 11.8. The predicted molar refractivity (Wildman–Crippen MR) is 102 cm³/mol. The quantitative estimate of drug-likeness (QED) is 0.335. The van der Waals surface area contributed by atoms with E-state index in [2.05, 4.69) is 19.2 Å². The Labute approximate surface area is 154 Å². The number of β-lactam (4-membered cyclic amide) rings is 1. The number of hydrogen-bond donors (Lipinski definition) is 2. The SMILES string of the molecule is CC(C)CCCCCCCCCCC1C(=O)NC1(CC(C)C)C(=O)O. The Morgan fingerprint density at radius 1 is 0.960 bits per heavy atom. The number of amides is 1. The van der Waals surface area contributed by atoms with Gasteiger partial charge in [-0.2, -0.15) is 0 Å². The number of carboxylic acid groups (broad SMARTS) is 1. The average Bonchev–Trinajstić information content (AvgIpc) is 2.50. The Hall–Kier alpha value is -1.06. The van der Waals surface area contributed by atoms with Crippen molar-refractivity contribution in [2.75, 3.05) is 0 Å². The van der Waals surface area contributed by atoms with E-state index in [1.807, 2.05) is 13.8 Å². The summed E-state index contributed by atoms with van der Waals surface area (Å²) < 4.78 is 0. The van der Waals surface area contributed by atoms with Crippen LogP contribution in [0.15, 0.2) is 0 Å². The van der Waals surface area contributed by atoms with E-state index in [-0.39, 0.29) is 17.7 Å². The molecule has 4 heteroatoms. The Bertz CT molecular complexity index is 419. The van der Waals surface area contributed by atoms with Gasteiger partial charge in [-0.3, -0.25) is 4.79 Å². The normalized spacial score (nSPS) is 23.0. The summed E-state index contributed by atoms with van der Waals surface area (Å²) >= 11 is 0. The molecule has 0 aromatic carbocycles. The summed E-state index contributed by atoms with van der Waals surface area (Å²) in [5.74, 6) is -0.212. The molecule has 2 N–H and O–H groups in total. The number of carboxylic acids is 1. The minimum absolute atomic E-state index is 0.0757. The third kappa shape index (κ3) is 6.99. The zero-order chi connectivity index (χ0) is 18.9. The summed E-state index contributed by atoms with van der Waals surface area (Å²) in [4.78, 5) is 23.6. The summed E-state index contributed by atoms with van der Waals surface area (Å²) in [5, 5.41) is 12.3. The second-order valence-electron chi connectivity index (χ2n) is 8.72. The smallest absolute Gasteiger partial charge is 0.330 e. The number of unbranched alkanes of at least 4 members (excludes halogenated alkanes) is 7. The van der Waals surface area contributed by atoms with Gasteiger partial charge in [0.2, 0.25) is 5.91 Å². The Balaban J connectivity index is 2.16. The second-order valence-corrected chi connectivity index (χ2v) is 8.72. The summed E-state index contributed by atoms with van der Waals surface area (Å²) in [6, 6.07) is 0. The monoisotopic (exact) mass is 353 g/mol. The standard InChI is InChI=1S/C21H39NO3/c1-16(2)13-11-9-7-5-6-8-10-12-14-18-19(23)22-21(18,20(24)25)15-17(3)4/h16-18H,5-15H2,1-4H3,(H,22,23)(H,24,25). The van der Waals surface area contributed by atoms with Crippen molar-refractivity contribution in [3.05, 3.63) is 0 Å². The Kier molecular flexibility index (Phi) is 9.52.